The molecule has 0 atom stereocenters. The quantitative estimate of drug-likeness (QED) is 0.245. The first kappa shape index (κ1) is 26.0. The summed E-state index contributed by atoms with van der Waals surface area (Å²) in [4.78, 5) is 17.0. The van der Waals surface area contributed by atoms with Crippen LogP contribution in [-0.4, -0.2) is 40.7 Å². The molecule has 38 heavy (non-hydrogen) atoms. The van der Waals surface area contributed by atoms with E-state index >= 15 is 0 Å². The van der Waals surface area contributed by atoms with Crippen LogP contribution in [0.3, 0.4) is 0 Å². The van der Waals surface area contributed by atoms with Gasteiger partial charge >= 0.3 is 0 Å². The van der Waals surface area contributed by atoms with E-state index in [9.17, 15) is 4.79 Å². The molecule has 0 aromatic heterocycles. The van der Waals surface area contributed by atoms with Crippen LogP contribution in [0.5, 0.6) is 17.2 Å². The topological polar surface area (TPSA) is 96.6 Å². The van der Waals surface area contributed by atoms with E-state index in [2.05, 4.69) is 32.7 Å². The summed E-state index contributed by atoms with van der Waals surface area (Å²) in [5.41, 5.74) is 3.05. The predicted octanol–water partition coefficient (Wildman–Crippen LogP) is 5.89. The summed E-state index contributed by atoms with van der Waals surface area (Å²) in [6.07, 6.45) is 1.62. The third-order valence-electron chi connectivity index (χ3n) is 5.67. The molecule has 0 spiro atoms. The number of nitrogens with zero attached hydrogens (tertiary/aromatic N) is 3. The Morgan fingerprint density at radius 3 is 2.55 bits per heavy atom. The van der Waals surface area contributed by atoms with Crippen LogP contribution < -0.4 is 14.2 Å². The maximum Gasteiger partial charge on any atom is 0.283 e. The second kappa shape index (κ2) is 11.4. The Kier molecular flexibility index (Phi) is 7.79. The Hall–Kier alpha value is -3.64. The van der Waals surface area contributed by atoms with Gasteiger partial charge in [0.15, 0.2) is 17.3 Å². The molecule has 1 amide bonds. The minimum atomic E-state index is -0.497. The fraction of sp³-hybridized carbons (Fsp3) is 0.143. The summed E-state index contributed by atoms with van der Waals surface area (Å²) in [5.74, 6) is 1.32. The van der Waals surface area contributed by atoms with Crippen molar-refractivity contribution in [1.82, 2.24) is 5.01 Å². The number of nitrogens with one attached hydrogen (secondary N) is 1. The normalized spacial score (nSPS) is 15.8. The lowest BCUT2D eigenvalue weighted by Crippen LogP contribution is -2.35. The van der Waals surface area contributed by atoms with Crippen LogP contribution >= 0.6 is 34.4 Å². The van der Waals surface area contributed by atoms with Crippen molar-refractivity contribution in [2.75, 3.05) is 13.7 Å². The largest absolute Gasteiger partial charge is 0.493 e. The van der Waals surface area contributed by atoms with Gasteiger partial charge in [-0.15, -0.1) is 0 Å². The monoisotopic (exact) mass is 638 g/mol. The number of carbonyl (C=O) groups excluding carboxylic acids is 1. The summed E-state index contributed by atoms with van der Waals surface area (Å²) in [6.45, 7) is 2.65. The molecular formula is C28H23IN4O4S. The van der Waals surface area contributed by atoms with Crippen molar-refractivity contribution in [2.24, 2.45) is 10.1 Å². The Morgan fingerprint density at radius 1 is 1.05 bits per heavy atom. The van der Waals surface area contributed by atoms with Gasteiger partial charge < -0.3 is 14.2 Å². The Labute approximate surface area is 238 Å². The number of hydrogen-bond donors (Lipinski definition) is 1. The summed E-state index contributed by atoms with van der Waals surface area (Å²) in [5, 5.41) is 15.4. The Balaban J connectivity index is 1.33. The molecule has 0 radical (unpaired) electrons. The first-order chi connectivity index (χ1) is 18.4. The van der Waals surface area contributed by atoms with E-state index in [4.69, 9.17) is 19.6 Å². The number of aryl methyl sites for hydroxylation is 1. The number of hydrogen-bond acceptors (Lipinski definition) is 7. The van der Waals surface area contributed by atoms with E-state index in [-0.39, 0.29) is 18.0 Å². The van der Waals surface area contributed by atoms with Gasteiger partial charge in [-0.2, -0.15) is 15.1 Å². The Morgan fingerprint density at radius 2 is 1.82 bits per heavy atom. The molecule has 3 aromatic carbocycles. The molecule has 2 aliphatic rings. The fourth-order valence-electron chi connectivity index (χ4n) is 3.72. The molecule has 3 aromatic rings. The third-order valence-corrected chi connectivity index (χ3v) is 7.35. The van der Waals surface area contributed by atoms with Crippen molar-refractivity contribution in [3.8, 4) is 17.2 Å². The van der Waals surface area contributed by atoms with Crippen LogP contribution in [0.4, 0.5) is 0 Å². The molecule has 1 N–H and O–H groups in total. The summed E-state index contributed by atoms with van der Waals surface area (Å²) < 4.78 is 18.2. The number of thioether (sulfide) groups is 1. The molecule has 2 aliphatic heterocycles. The minimum Gasteiger partial charge on any atom is -0.493 e. The number of amides is 1. The third kappa shape index (κ3) is 5.76. The second-order valence-corrected chi connectivity index (χ2v) is 10.6. The molecule has 0 bridgehead atoms. The molecule has 5 rings (SSSR count). The van der Waals surface area contributed by atoms with Gasteiger partial charge in [0.1, 0.15) is 24.0 Å². The highest BCUT2D eigenvalue weighted by molar-refractivity contribution is 14.1. The van der Waals surface area contributed by atoms with E-state index in [1.807, 2.05) is 67.6 Å². The number of fused-ring (bicyclic) bond motifs is 1. The zero-order valence-corrected chi connectivity index (χ0v) is 23.6. The average molecular weight is 638 g/mol. The van der Waals surface area contributed by atoms with Gasteiger partial charge in [-0.1, -0.05) is 48.0 Å². The molecule has 10 heteroatoms. The van der Waals surface area contributed by atoms with Crippen molar-refractivity contribution in [3.05, 3.63) is 92.6 Å². The van der Waals surface area contributed by atoms with Gasteiger partial charge in [0, 0.05) is 0 Å². The van der Waals surface area contributed by atoms with Gasteiger partial charge in [0.2, 0.25) is 5.17 Å². The van der Waals surface area contributed by atoms with Gasteiger partial charge in [-0.3, -0.25) is 10.2 Å². The van der Waals surface area contributed by atoms with Gasteiger partial charge in [0.05, 0.1) is 16.3 Å². The number of methoxy groups -OCH3 is 1. The molecule has 2 heterocycles. The summed E-state index contributed by atoms with van der Waals surface area (Å²) in [6, 6.07) is 21.2. The van der Waals surface area contributed by atoms with E-state index in [1.54, 1.807) is 19.3 Å². The first-order valence-corrected chi connectivity index (χ1v) is 13.5. The van der Waals surface area contributed by atoms with Crippen LogP contribution in [-0.2, 0) is 11.4 Å². The molecule has 8 nitrogen and oxygen atoms in total. The first-order valence-electron chi connectivity index (χ1n) is 11.6. The number of hydrazone groups is 1. The van der Waals surface area contributed by atoms with Gasteiger partial charge in [-0.05, 0) is 82.7 Å². The lowest BCUT2D eigenvalue weighted by molar-refractivity contribution is -0.114. The maximum atomic E-state index is 12.9. The molecule has 0 fully saturated rings. The molecule has 0 saturated carbocycles. The number of aliphatic imine (C=N–C) groups is 1. The smallest absolute Gasteiger partial charge is 0.283 e. The van der Waals surface area contributed by atoms with Crippen LogP contribution in [0.1, 0.15) is 16.7 Å². The predicted molar refractivity (Wildman–Crippen MR) is 158 cm³/mol. The molecule has 192 valence electrons. The number of rotatable bonds is 8. The van der Waals surface area contributed by atoms with Gasteiger partial charge in [0.25, 0.3) is 5.91 Å². The maximum absolute atomic E-state index is 12.9. The van der Waals surface area contributed by atoms with Crippen molar-refractivity contribution in [2.45, 2.75) is 13.5 Å². The van der Waals surface area contributed by atoms with E-state index < -0.39 is 5.91 Å². The van der Waals surface area contributed by atoms with Crippen LogP contribution in [0.15, 0.2) is 82.4 Å². The highest BCUT2D eigenvalue weighted by atomic mass is 127. The number of ether oxygens (including phenoxy) is 3. The second-order valence-electron chi connectivity index (χ2n) is 8.42. The highest BCUT2D eigenvalue weighted by Crippen LogP contribution is 2.36. The minimum absolute atomic E-state index is 0.0455. The number of benzene rings is 3. The van der Waals surface area contributed by atoms with Crippen LogP contribution in [0.25, 0.3) is 6.08 Å². The number of halogens is 1. The zero-order chi connectivity index (χ0) is 26.6. The molecular weight excluding hydrogens is 615 g/mol. The fourth-order valence-corrected chi connectivity index (χ4v) is 5.30. The number of carbonyl (C=O) groups is 1. The molecule has 0 saturated heterocycles. The zero-order valence-electron chi connectivity index (χ0n) is 20.6. The van der Waals surface area contributed by atoms with Crippen molar-refractivity contribution in [3.63, 3.8) is 0 Å². The van der Waals surface area contributed by atoms with Gasteiger partial charge in [-0.25, -0.2) is 0 Å². The number of para-hydroxylation sites is 1. The van der Waals surface area contributed by atoms with Crippen LogP contribution in [0.2, 0.25) is 0 Å². The lowest BCUT2D eigenvalue weighted by atomic mass is 10.1. The lowest BCUT2D eigenvalue weighted by Gasteiger charge is -2.20. The standard InChI is InChI=1S/C28H23IN4O4S/c1-17-8-10-18(11-9-17)15-37-25-22(29)13-19(14-23(25)35-2)12-21-26(30)33-28(31-27(21)34)38-24(32-33)16-36-20-6-4-3-5-7-20/h3-14,30H,15-16H2,1-2H3/b21-12-,30-26?. The van der Waals surface area contributed by atoms with Crippen molar-refractivity contribution < 1.29 is 19.0 Å². The molecule has 0 unspecified atom stereocenters. The summed E-state index contributed by atoms with van der Waals surface area (Å²) in [7, 11) is 1.57. The Bertz CT molecular complexity index is 1490. The summed E-state index contributed by atoms with van der Waals surface area (Å²) >= 11 is 3.40. The van der Waals surface area contributed by atoms with Crippen molar-refractivity contribution >= 4 is 62.4 Å². The highest BCUT2D eigenvalue weighted by Gasteiger charge is 2.35. The van der Waals surface area contributed by atoms with Crippen molar-refractivity contribution in [1.29, 1.82) is 5.41 Å². The number of amidine groups is 2. The van der Waals surface area contributed by atoms with E-state index in [0.29, 0.717) is 39.6 Å². The SMILES string of the molecule is COc1cc(/C=C2/C(=N)N3N=C(COc4ccccc4)SC3=NC2=O)cc(I)c1OCc1ccc(C)cc1. The van der Waals surface area contributed by atoms with E-state index in [0.717, 1.165) is 9.13 Å². The van der Waals surface area contributed by atoms with E-state index in [1.165, 1.54) is 22.3 Å². The average Bonchev–Trinajstić information content (AvgIpc) is 3.33. The van der Waals surface area contributed by atoms with Crippen LogP contribution in [0, 0.1) is 15.9 Å². The molecule has 0 aliphatic carbocycles.